The van der Waals surface area contributed by atoms with Gasteiger partial charge in [-0.1, -0.05) is 0 Å². The molecule has 66 valence electrons. The summed E-state index contributed by atoms with van der Waals surface area (Å²) in [6.07, 6.45) is 0. The van der Waals surface area contributed by atoms with Crippen molar-refractivity contribution in [2.24, 2.45) is 0 Å². The van der Waals surface area contributed by atoms with Crippen LogP contribution >= 0.6 is 15.9 Å². The molecule has 12 heavy (non-hydrogen) atoms. The van der Waals surface area contributed by atoms with Gasteiger partial charge in [-0.2, -0.15) is 0 Å². The highest BCUT2D eigenvalue weighted by Crippen LogP contribution is 2.19. The summed E-state index contributed by atoms with van der Waals surface area (Å²) in [4.78, 5) is 0. The molecule has 2 N–H and O–H groups in total. The summed E-state index contributed by atoms with van der Waals surface area (Å²) in [7, 11) is 0. The molecule has 0 bridgehead atoms. The highest BCUT2D eigenvalue weighted by Gasteiger charge is 2.06. The van der Waals surface area contributed by atoms with Gasteiger partial charge in [0.2, 0.25) is 0 Å². The van der Waals surface area contributed by atoms with E-state index in [-0.39, 0.29) is 16.6 Å². The quantitative estimate of drug-likeness (QED) is 0.611. The van der Waals surface area contributed by atoms with Crippen molar-refractivity contribution in [3.8, 4) is 0 Å². The minimum Gasteiger partial charge on any atom is -0.316 e. The predicted molar refractivity (Wildman–Crippen MR) is 42.7 cm³/mol. The van der Waals surface area contributed by atoms with Crippen LogP contribution in [0.1, 0.15) is 5.56 Å². The molecule has 0 unspecified atom stereocenters. The Hall–Kier alpha value is -0.520. The van der Waals surface area contributed by atoms with Crippen LogP contribution in [0.25, 0.3) is 0 Å². The Morgan fingerprint density at radius 2 is 2.00 bits per heavy atom. The lowest BCUT2D eigenvalue weighted by molar-refractivity contribution is 0.160. The monoisotopic (exact) mass is 237 g/mol. The first-order valence-corrected chi connectivity index (χ1v) is 3.95. The molecular formula is C7H6BrF2NO. The summed E-state index contributed by atoms with van der Waals surface area (Å²) in [6.45, 7) is -0.0509. The molecule has 0 amide bonds. The Kier molecular flexibility index (Phi) is 3.13. The predicted octanol–water partition coefficient (Wildman–Crippen LogP) is 2.21. The van der Waals surface area contributed by atoms with Gasteiger partial charge < -0.3 is 5.21 Å². The van der Waals surface area contributed by atoms with Gasteiger partial charge in [0.05, 0.1) is 4.47 Å². The molecule has 0 saturated heterocycles. The Morgan fingerprint density at radius 1 is 1.33 bits per heavy atom. The van der Waals surface area contributed by atoms with Gasteiger partial charge in [-0.3, -0.25) is 0 Å². The van der Waals surface area contributed by atoms with Gasteiger partial charge in [-0.15, -0.1) is 0 Å². The zero-order chi connectivity index (χ0) is 9.14. The minimum absolute atomic E-state index is 0.0509. The summed E-state index contributed by atoms with van der Waals surface area (Å²) in [5.74, 6) is -1.34. The SMILES string of the molecule is ONCc1cc(Br)c(F)cc1F. The van der Waals surface area contributed by atoms with E-state index in [0.717, 1.165) is 6.07 Å². The van der Waals surface area contributed by atoms with Crippen LogP contribution in [0.15, 0.2) is 16.6 Å². The maximum absolute atomic E-state index is 12.8. The number of hydrogen-bond acceptors (Lipinski definition) is 2. The number of rotatable bonds is 2. The molecule has 0 aliphatic rings. The summed E-state index contributed by atoms with van der Waals surface area (Å²) in [6, 6.07) is 2.03. The van der Waals surface area contributed by atoms with Crippen LogP contribution in [0, 0.1) is 11.6 Å². The second kappa shape index (κ2) is 3.93. The molecule has 1 aromatic rings. The number of nitrogens with one attached hydrogen (secondary N) is 1. The highest BCUT2D eigenvalue weighted by atomic mass is 79.9. The van der Waals surface area contributed by atoms with Crippen LogP contribution in [0.4, 0.5) is 8.78 Å². The minimum atomic E-state index is -0.683. The van der Waals surface area contributed by atoms with Crippen molar-refractivity contribution in [3.05, 3.63) is 33.8 Å². The molecule has 0 saturated carbocycles. The molecule has 0 aliphatic heterocycles. The van der Waals surface area contributed by atoms with Gasteiger partial charge in [0.1, 0.15) is 11.6 Å². The van der Waals surface area contributed by atoms with Crippen molar-refractivity contribution in [2.75, 3.05) is 0 Å². The highest BCUT2D eigenvalue weighted by molar-refractivity contribution is 9.10. The summed E-state index contributed by atoms with van der Waals surface area (Å²) in [5.41, 5.74) is 1.99. The number of hydrogen-bond donors (Lipinski definition) is 2. The summed E-state index contributed by atoms with van der Waals surface area (Å²) in [5, 5.41) is 8.28. The van der Waals surface area contributed by atoms with Gasteiger partial charge in [0, 0.05) is 18.2 Å². The van der Waals surface area contributed by atoms with Crippen LogP contribution in [-0.4, -0.2) is 5.21 Å². The molecule has 1 aromatic carbocycles. The van der Waals surface area contributed by atoms with Crippen molar-refractivity contribution in [1.29, 1.82) is 0 Å². The third-order valence-corrected chi connectivity index (χ3v) is 1.97. The van der Waals surface area contributed by atoms with Gasteiger partial charge in [-0.25, -0.2) is 14.3 Å². The zero-order valence-electron chi connectivity index (χ0n) is 5.94. The Bertz CT molecular complexity index is 293. The van der Waals surface area contributed by atoms with E-state index >= 15 is 0 Å². The fraction of sp³-hybridized carbons (Fsp3) is 0.143. The van der Waals surface area contributed by atoms with E-state index in [1.165, 1.54) is 6.07 Å². The smallest absolute Gasteiger partial charge is 0.140 e. The van der Waals surface area contributed by atoms with E-state index < -0.39 is 11.6 Å². The molecule has 2 nitrogen and oxygen atoms in total. The van der Waals surface area contributed by atoms with Crippen molar-refractivity contribution in [1.82, 2.24) is 5.48 Å². The molecule has 0 aliphatic carbocycles. The lowest BCUT2D eigenvalue weighted by atomic mass is 10.2. The van der Waals surface area contributed by atoms with Crippen LogP contribution < -0.4 is 5.48 Å². The third-order valence-electron chi connectivity index (χ3n) is 1.36. The molecule has 5 heteroatoms. The lowest BCUT2D eigenvalue weighted by Crippen LogP contribution is -2.08. The fourth-order valence-electron chi connectivity index (χ4n) is 0.784. The van der Waals surface area contributed by atoms with E-state index in [1.54, 1.807) is 5.48 Å². The lowest BCUT2D eigenvalue weighted by Gasteiger charge is -2.02. The number of halogens is 3. The van der Waals surface area contributed by atoms with Crippen molar-refractivity contribution in [2.45, 2.75) is 6.54 Å². The average molecular weight is 238 g/mol. The van der Waals surface area contributed by atoms with E-state index in [0.29, 0.717) is 0 Å². The second-order valence-electron chi connectivity index (χ2n) is 2.19. The van der Waals surface area contributed by atoms with Crippen LogP contribution in [0.3, 0.4) is 0 Å². The average Bonchev–Trinajstić information content (AvgIpc) is 2.01. The Balaban J connectivity index is 3.05. The molecule has 0 heterocycles. The van der Waals surface area contributed by atoms with Crippen LogP contribution in [-0.2, 0) is 6.54 Å². The molecule has 1 rings (SSSR count). The Morgan fingerprint density at radius 3 is 2.58 bits per heavy atom. The van der Waals surface area contributed by atoms with Gasteiger partial charge in [0.15, 0.2) is 0 Å². The van der Waals surface area contributed by atoms with Gasteiger partial charge in [-0.05, 0) is 22.0 Å². The normalized spacial score (nSPS) is 10.3. The topological polar surface area (TPSA) is 32.3 Å². The number of benzene rings is 1. The molecular weight excluding hydrogens is 232 g/mol. The maximum Gasteiger partial charge on any atom is 0.140 e. The summed E-state index contributed by atoms with van der Waals surface area (Å²) < 4.78 is 25.6. The second-order valence-corrected chi connectivity index (χ2v) is 3.05. The van der Waals surface area contributed by atoms with Crippen molar-refractivity contribution < 1.29 is 14.0 Å². The maximum atomic E-state index is 12.8. The van der Waals surface area contributed by atoms with Crippen LogP contribution in [0.2, 0.25) is 0 Å². The van der Waals surface area contributed by atoms with Crippen LogP contribution in [0.5, 0.6) is 0 Å². The van der Waals surface area contributed by atoms with E-state index in [9.17, 15) is 8.78 Å². The third kappa shape index (κ3) is 2.00. The molecule has 0 aromatic heterocycles. The van der Waals surface area contributed by atoms with Crippen molar-refractivity contribution >= 4 is 15.9 Å². The largest absolute Gasteiger partial charge is 0.316 e. The summed E-state index contributed by atoms with van der Waals surface area (Å²) >= 11 is 2.90. The fourth-order valence-corrected chi connectivity index (χ4v) is 1.18. The van der Waals surface area contributed by atoms with Gasteiger partial charge in [0.25, 0.3) is 0 Å². The molecule has 0 radical (unpaired) electrons. The first kappa shape index (κ1) is 9.57. The first-order valence-electron chi connectivity index (χ1n) is 3.15. The molecule has 0 fully saturated rings. The Labute approximate surface area is 76.3 Å². The molecule has 0 spiro atoms. The standard InChI is InChI=1S/C7H6BrF2NO/c8-5-1-4(3-11-12)6(9)2-7(5)10/h1-2,11-12H,3H2. The molecule has 0 atom stereocenters. The van der Waals surface area contributed by atoms with Gasteiger partial charge >= 0.3 is 0 Å². The van der Waals surface area contributed by atoms with Crippen molar-refractivity contribution in [3.63, 3.8) is 0 Å². The first-order chi connectivity index (χ1) is 5.65. The van der Waals surface area contributed by atoms with E-state index in [1.807, 2.05) is 0 Å². The number of hydroxylamine groups is 1. The van der Waals surface area contributed by atoms with E-state index in [2.05, 4.69) is 15.9 Å². The van der Waals surface area contributed by atoms with E-state index in [4.69, 9.17) is 5.21 Å². The zero-order valence-corrected chi connectivity index (χ0v) is 7.53.